The van der Waals surface area contributed by atoms with Crippen LogP contribution in [0.25, 0.3) is 0 Å². The van der Waals surface area contributed by atoms with Crippen LogP contribution in [-0.2, 0) is 9.47 Å². The van der Waals surface area contributed by atoms with Gasteiger partial charge in [-0.1, -0.05) is 0 Å². The van der Waals surface area contributed by atoms with Crippen LogP contribution in [0.5, 0.6) is 0 Å². The molecular formula is C7H15NO3. The van der Waals surface area contributed by atoms with E-state index in [1.807, 2.05) is 20.8 Å². The molecule has 1 heterocycles. The van der Waals surface area contributed by atoms with Crippen LogP contribution in [0.4, 0.5) is 0 Å². The highest BCUT2D eigenvalue weighted by atomic mass is 16.7. The van der Waals surface area contributed by atoms with Gasteiger partial charge >= 0.3 is 0 Å². The molecule has 66 valence electrons. The summed E-state index contributed by atoms with van der Waals surface area (Å²) in [6, 6.07) is -0.0863. The van der Waals surface area contributed by atoms with Crippen LogP contribution in [0, 0.1) is 0 Å². The molecular weight excluding hydrogens is 146 g/mol. The number of nitrogens with one attached hydrogen (secondary N) is 1. The smallest absolute Gasteiger partial charge is 0.163 e. The SMILES string of the molecule is C[C@H](NO)[C@H]1COC(C)(C)O1. The summed E-state index contributed by atoms with van der Waals surface area (Å²) in [6.45, 7) is 6.09. The van der Waals surface area contributed by atoms with Gasteiger partial charge in [0, 0.05) is 0 Å². The van der Waals surface area contributed by atoms with Crippen molar-refractivity contribution in [2.24, 2.45) is 0 Å². The van der Waals surface area contributed by atoms with Gasteiger partial charge in [-0.2, -0.15) is 0 Å². The zero-order valence-corrected chi connectivity index (χ0v) is 7.13. The summed E-state index contributed by atoms with van der Waals surface area (Å²) in [7, 11) is 0. The molecule has 4 heteroatoms. The first-order valence-electron chi connectivity index (χ1n) is 3.76. The quantitative estimate of drug-likeness (QED) is 0.579. The zero-order chi connectivity index (χ0) is 8.48. The Labute approximate surface area is 66.4 Å². The van der Waals surface area contributed by atoms with Crippen molar-refractivity contribution >= 4 is 0 Å². The highest BCUT2D eigenvalue weighted by Crippen LogP contribution is 2.23. The van der Waals surface area contributed by atoms with Gasteiger partial charge < -0.3 is 14.7 Å². The minimum absolute atomic E-state index is 0.0602. The zero-order valence-electron chi connectivity index (χ0n) is 7.13. The second-order valence-electron chi connectivity index (χ2n) is 3.28. The van der Waals surface area contributed by atoms with E-state index in [4.69, 9.17) is 14.7 Å². The molecule has 0 bridgehead atoms. The third kappa shape index (κ3) is 2.13. The molecule has 1 rings (SSSR count). The van der Waals surface area contributed by atoms with Crippen molar-refractivity contribution in [1.82, 2.24) is 5.48 Å². The van der Waals surface area contributed by atoms with E-state index < -0.39 is 5.79 Å². The molecule has 0 saturated carbocycles. The van der Waals surface area contributed by atoms with Gasteiger partial charge in [-0.25, -0.2) is 5.48 Å². The highest BCUT2D eigenvalue weighted by molar-refractivity contribution is 4.77. The van der Waals surface area contributed by atoms with E-state index >= 15 is 0 Å². The lowest BCUT2D eigenvalue weighted by Gasteiger charge is -2.19. The van der Waals surface area contributed by atoms with Gasteiger partial charge in [0.2, 0.25) is 0 Å². The maximum Gasteiger partial charge on any atom is 0.163 e. The fraction of sp³-hybridized carbons (Fsp3) is 1.00. The fourth-order valence-corrected chi connectivity index (χ4v) is 1.04. The van der Waals surface area contributed by atoms with Crippen LogP contribution in [0.3, 0.4) is 0 Å². The van der Waals surface area contributed by atoms with E-state index in [1.165, 1.54) is 0 Å². The van der Waals surface area contributed by atoms with Gasteiger partial charge in [0.25, 0.3) is 0 Å². The summed E-state index contributed by atoms with van der Waals surface area (Å²) < 4.78 is 10.8. The highest BCUT2D eigenvalue weighted by Gasteiger charge is 2.35. The van der Waals surface area contributed by atoms with Crippen molar-refractivity contribution in [1.29, 1.82) is 0 Å². The second kappa shape index (κ2) is 3.06. The van der Waals surface area contributed by atoms with E-state index in [1.54, 1.807) is 0 Å². The van der Waals surface area contributed by atoms with Crippen LogP contribution in [-0.4, -0.2) is 29.7 Å². The average molecular weight is 161 g/mol. The van der Waals surface area contributed by atoms with Gasteiger partial charge in [0.05, 0.1) is 12.6 Å². The Morgan fingerprint density at radius 1 is 1.64 bits per heavy atom. The Balaban J connectivity index is 2.41. The topological polar surface area (TPSA) is 50.7 Å². The molecule has 1 fully saturated rings. The molecule has 0 radical (unpaired) electrons. The van der Waals surface area contributed by atoms with Gasteiger partial charge in [-0.3, -0.25) is 0 Å². The summed E-state index contributed by atoms with van der Waals surface area (Å²) in [5.74, 6) is -0.504. The first-order chi connectivity index (χ1) is 5.05. The van der Waals surface area contributed by atoms with Crippen LogP contribution in [0.1, 0.15) is 20.8 Å². The number of ether oxygens (including phenoxy) is 2. The monoisotopic (exact) mass is 161 g/mol. The number of hydroxylamine groups is 1. The molecule has 4 nitrogen and oxygen atoms in total. The average Bonchev–Trinajstić information content (AvgIpc) is 2.29. The Bertz CT molecular complexity index is 138. The molecule has 1 aliphatic rings. The second-order valence-corrected chi connectivity index (χ2v) is 3.28. The summed E-state index contributed by atoms with van der Waals surface area (Å²) in [5, 5.41) is 8.58. The van der Waals surface area contributed by atoms with Crippen molar-refractivity contribution in [2.75, 3.05) is 6.61 Å². The molecule has 0 unspecified atom stereocenters. The minimum Gasteiger partial charge on any atom is -0.348 e. The lowest BCUT2D eigenvalue weighted by atomic mass is 10.2. The van der Waals surface area contributed by atoms with E-state index in [-0.39, 0.29) is 12.1 Å². The van der Waals surface area contributed by atoms with E-state index in [2.05, 4.69) is 5.48 Å². The molecule has 0 spiro atoms. The van der Waals surface area contributed by atoms with Crippen molar-refractivity contribution < 1.29 is 14.7 Å². The predicted molar refractivity (Wildman–Crippen MR) is 39.3 cm³/mol. The third-order valence-corrected chi connectivity index (χ3v) is 1.79. The summed E-state index contributed by atoms with van der Waals surface area (Å²) >= 11 is 0. The number of hydrogen-bond donors (Lipinski definition) is 2. The lowest BCUT2D eigenvalue weighted by Crippen LogP contribution is -2.37. The Kier molecular flexibility index (Phi) is 2.49. The van der Waals surface area contributed by atoms with Crippen LogP contribution in [0.2, 0.25) is 0 Å². The molecule has 2 N–H and O–H groups in total. The summed E-state index contributed by atoms with van der Waals surface area (Å²) in [5.41, 5.74) is 2.14. The van der Waals surface area contributed by atoms with Crippen LogP contribution in [0.15, 0.2) is 0 Å². The third-order valence-electron chi connectivity index (χ3n) is 1.79. The predicted octanol–water partition coefficient (Wildman–Crippen LogP) is 0.505. The normalized spacial score (nSPS) is 32.2. The fourth-order valence-electron chi connectivity index (χ4n) is 1.04. The Morgan fingerprint density at radius 2 is 2.27 bits per heavy atom. The first-order valence-corrected chi connectivity index (χ1v) is 3.76. The molecule has 0 aromatic rings. The molecule has 0 aliphatic carbocycles. The maximum atomic E-state index is 8.58. The number of hydrogen-bond acceptors (Lipinski definition) is 4. The standard InChI is InChI=1S/C7H15NO3/c1-5(8-9)6-4-10-7(2,3)11-6/h5-6,8-9H,4H2,1-3H3/t5-,6+/m0/s1. The molecule has 1 saturated heterocycles. The largest absolute Gasteiger partial charge is 0.348 e. The van der Waals surface area contributed by atoms with Gasteiger partial charge in [0.1, 0.15) is 6.10 Å². The Morgan fingerprint density at radius 3 is 2.64 bits per heavy atom. The van der Waals surface area contributed by atoms with Gasteiger partial charge in [-0.05, 0) is 20.8 Å². The molecule has 11 heavy (non-hydrogen) atoms. The molecule has 2 atom stereocenters. The van der Waals surface area contributed by atoms with E-state index in [0.29, 0.717) is 6.61 Å². The van der Waals surface area contributed by atoms with Crippen LogP contribution >= 0.6 is 0 Å². The van der Waals surface area contributed by atoms with Crippen molar-refractivity contribution in [3.8, 4) is 0 Å². The Hall–Kier alpha value is -0.160. The van der Waals surface area contributed by atoms with Crippen molar-refractivity contribution in [2.45, 2.75) is 38.7 Å². The molecule has 0 amide bonds. The van der Waals surface area contributed by atoms with Crippen molar-refractivity contribution in [3.63, 3.8) is 0 Å². The minimum atomic E-state index is -0.504. The maximum absolute atomic E-state index is 8.58. The first kappa shape index (κ1) is 8.93. The summed E-state index contributed by atoms with van der Waals surface area (Å²) in [6.07, 6.45) is -0.0602. The van der Waals surface area contributed by atoms with E-state index in [0.717, 1.165) is 0 Å². The van der Waals surface area contributed by atoms with Gasteiger partial charge in [-0.15, -0.1) is 0 Å². The lowest BCUT2D eigenvalue weighted by molar-refractivity contribution is -0.144. The number of rotatable bonds is 2. The van der Waals surface area contributed by atoms with Crippen molar-refractivity contribution in [3.05, 3.63) is 0 Å². The molecule has 0 aromatic heterocycles. The molecule has 1 aliphatic heterocycles. The van der Waals surface area contributed by atoms with E-state index in [9.17, 15) is 0 Å². The van der Waals surface area contributed by atoms with Gasteiger partial charge in [0.15, 0.2) is 5.79 Å². The van der Waals surface area contributed by atoms with Crippen LogP contribution < -0.4 is 5.48 Å². The summed E-state index contributed by atoms with van der Waals surface area (Å²) in [4.78, 5) is 0. The molecule has 0 aromatic carbocycles.